The fourth-order valence-corrected chi connectivity index (χ4v) is 5.10. The zero-order valence-corrected chi connectivity index (χ0v) is 18.0. The summed E-state index contributed by atoms with van der Waals surface area (Å²) in [4.78, 5) is 0. The van der Waals surface area contributed by atoms with E-state index in [2.05, 4.69) is 109 Å². The molecule has 1 heteroatoms. The maximum absolute atomic E-state index is 6.35. The van der Waals surface area contributed by atoms with E-state index in [0.717, 1.165) is 27.5 Å². The van der Waals surface area contributed by atoms with Crippen molar-refractivity contribution in [3.8, 4) is 22.3 Å². The maximum Gasteiger partial charge on any atom is 0.143 e. The minimum Gasteiger partial charge on any atom is -0.455 e. The Morgan fingerprint density at radius 1 is 0.394 bits per heavy atom. The molecule has 0 saturated heterocycles. The average Bonchev–Trinajstić information content (AvgIpc) is 3.27. The lowest BCUT2D eigenvalue weighted by molar-refractivity contribution is 0.670. The third kappa shape index (κ3) is 2.79. The molecular formula is C32H20O. The van der Waals surface area contributed by atoms with Crippen LogP contribution in [-0.4, -0.2) is 0 Å². The standard InChI is InChI=1S/C32H20O/c1-2-9-22-20-23(17-16-21(22)8-1)24-18-19-27(26-11-4-3-10-25(24)26)29-13-7-14-30-28-12-5-6-15-31(28)33-32(29)30/h1-20H. The van der Waals surface area contributed by atoms with E-state index in [1.807, 2.05) is 12.1 Å². The third-order valence-corrected chi connectivity index (χ3v) is 6.68. The van der Waals surface area contributed by atoms with Crippen LogP contribution in [0.25, 0.3) is 65.7 Å². The molecule has 1 aromatic heterocycles. The average molecular weight is 421 g/mol. The summed E-state index contributed by atoms with van der Waals surface area (Å²) in [6.07, 6.45) is 0. The molecule has 0 unspecified atom stereocenters. The van der Waals surface area contributed by atoms with E-state index in [1.54, 1.807) is 0 Å². The summed E-state index contributed by atoms with van der Waals surface area (Å²) in [7, 11) is 0. The highest BCUT2D eigenvalue weighted by Gasteiger charge is 2.15. The van der Waals surface area contributed by atoms with Gasteiger partial charge in [-0.2, -0.15) is 0 Å². The molecule has 0 amide bonds. The van der Waals surface area contributed by atoms with Crippen molar-refractivity contribution in [3.63, 3.8) is 0 Å². The first-order chi connectivity index (χ1) is 16.4. The Labute approximate surface area is 191 Å². The topological polar surface area (TPSA) is 13.1 Å². The molecule has 7 rings (SSSR count). The Hall–Kier alpha value is -4.36. The highest BCUT2D eigenvalue weighted by Crippen LogP contribution is 2.41. The van der Waals surface area contributed by atoms with Crippen molar-refractivity contribution < 1.29 is 4.42 Å². The van der Waals surface area contributed by atoms with Gasteiger partial charge in [0.1, 0.15) is 11.2 Å². The number of furan rings is 1. The summed E-state index contributed by atoms with van der Waals surface area (Å²) in [5.41, 5.74) is 6.68. The van der Waals surface area contributed by atoms with E-state index in [9.17, 15) is 0 Å². The van der Waals surface area contributed by atoms with Gasteiger partial charge in [0, 0.05) is 16.3 Å². The predicted molar refractivity (Wildman–Crippen MR) is 140 cm³/mol. The van der Waals surface area contributed by atoms with Crippen LogP contribution in [-0.2, 0) is 0 Å². The van der Waals surface area contributed by atoms with Gasteiger partial charge in [-0.05, 0) is 50.4 Å². The lowest BCUT2D eigenvalue weighted by Gasteiger charge is -2.13. The quantitative estimate of drug-likeness (QED) is 0.272. The zero-order valence-electron chi connectivity index (χ0n) is 18.0. The van der Waals surface area contributed by atoms with Gasteiger partial charge < -0.3 is 4.42 Å². The Balaban J connectivity index is 1.50. The van der Waals surface area contributed by atoms with Crippen LogP contribution in [0, 0.1) is 0 Å². The van der Waals surface area contributed by atoms with Crippen molar-refractivity contribution >= 4 is 43.5 Å². The van der Waals surface area contributed by atoms with Crippen LogP contribution < -0.4 is 0 Å². The molecule has 0 N–H and O–H groups in total. The maximum atomic E-state index is 6.35. The van der Waals surface area contributed by atoms with E-state index in [1.165, 1.54) is 38.2 Å². The van der Waals surface area contributed by atoms with Crippen LogP contribution in [0.2, 0.25) is 0 Å². The molecule has 1 nitrogen and oxygen atoms in total. The van der Waals surface area contributed by atoms with Gasteiger partial charge in [0.15, 0.2) is 0 Å². The monoisotopic (exact) mass is 420 g/mol. The lowest BCUT2D eigenvalue weighted by atomic mass is 9.91. The second-order valence-electron chi connectivity index (χ2n) is 8.55. The molecule has 0 fully saturated rings. The molecule has 0 aliphatic rings. The van der Waals surface area contributed by atoms with Gasteiger partial charge in [-0.15, -0.1) is 0 Å². The van der Waals surface area contributed by atoms with Gasteiger partial charge in [0.05, 0.1) is 0 Å². The smallest absolute Gasteiger partial charge is 0.143 e. The molecule has 7 aromatic rings. The molecule has 0 radical (unpaired) electrons. The van der Waals surface area contributed by atoms with Crippen LogP contribution >= 0.6 is 0 Å². The first-order valence-corrected chi connectivity index (χ1v) is 11.3. The molecule has 1 heterocycles. The molecule has 0 bridgehead atoms. The van der Waals surface area contributed by atoms with E-state index >= 15 is 0 Å². The summed E-state index contributed by atoms with van der Waals surface area (Å²) >= 11 is 0. The summed E-state index contributed by atoms with van der Waals surface area (Å²) in [5.74, 6) is 0. The Bertz CT molecular complexity index is 1820. The number of hydrogen-bond donors (Lipinski definition) is 0. The largest absolute Gasteiger partial charge is 0.455 e. The SMILES string of the molecule is c1ccc2cc(-c3ccc(-c4cccc5c4oc4ccccc45)c4ccccc34)ccc2c1. The van der Waals surface area contributed by atoms with Crippen molar-refractivity contribution in [2.45, 2.75) is 0 Å². The Kier molecular flexibility index (Phi) is 3.91. The first-order valence-electron chi connectivity index (χ1n) is 11.3. The Morgan fingerprint density at radius 2 is 1.06 bits per heavy atom. The van der Waals surface area contributed by atoms with Crippen molar-refractivity contribution in [2.75, 3.05) is 0 Å². The summed E-state index contributed by atoms with van der Waals surface area (Å²) < 4.78 is 6.35. The minimum absolute atomic E-state index is 0.928. The molecule has 0 aliphatic carbocycles. The van der Waals surface area contributed by atoms with Crippen molar-refractivity contribution in [3.05, 3.63) is 121 Å². The molecule has 154 valence electrons. The van der Waals surface area contributed by atoms with Crippen molar-refractivity contribution in [1.29, 1.82) is 0 Å². The van der Waals surface area contributed by atoms with Crippen LogP contribution in [0.4, 0.5) is 0 Å². The molecule has 0 saturated carbocycles. The minimum atomic E-state index is 0.928. The molecular weight excluding hydrogens is 400 g/mol. The fourth-order valence-electron chi connectivity index (χ4n) is 5.10. The van der Waals surface area contributed by atoms with Gasteiger partial charge in [0.25, 0.3) is 0 Å². The highest BCUT2D eigenvalue weighted by atomic mass is 16.3. The van der Waals surface area contributed by atoms with E-state index < -0.39 is 0 Å². The van der Waals surface area contributed by atoms with Gasteiger partial charge in [-0.3, -0.25) is 0 Å². The second kappa shape index (κ2) is 7.08. The normalized spacial score (nSPS) is 11.6. The molecule has 0 aliphatic heterocycles. The van der Waals surface area contributed by atoms with Gasteiger partial charge in [-0.25, -0.2) is 0 Å². The van der Waals surface area contributed by atoms with Gasteiger partial charge >= 0.3 is 0 Å². The summed E-state index contributed by atoms with van der Waals surface area (Å²) in [6, 6.07) is 43.1. The number of para-hydroxylation sites is 2. The highest BCUT2D eigenvalue weighted by molar-refractivity contribution is 6.13. The summed E-state index contributed by atoms with van der Waals surface area (Å²) in [6.45, 7) is 0. The number of rotatable bonds is 2. The zero-order chi connectivity index (χ0) is 21.8. The molecule has 6 aromatic carbocycles. The molecule has 0 spiro atoms. The molecule has 0 atom stereocenters. The van der Waals surface area contributed by atoms with Crippen molar-refractivity contribution in [2.24, 2.45) is 0 Å². The third-order valence-electron chi connectivity index (χ3n) is 6.68. The van der Waals surface area contributed by atoms with Crippen molar-refractivity contribution in [1.82, 2.24) is 0 Å². The van der Waals surface area contributed by atoms with E-state index in [0.29, 0.717) is 0 Å². The second-order valence-corrected chi connectivity index (χ2v) is 8.55. The van der Waals surface area contributed by atoms with E-state index in [-0.39, 0.29) is 0 Å². The number of fused-ring (bicyclic) bond motifs is 5. The number of benzene rings is 6. The molecule has 33 heavy (non-hydrogen) atoms. The number of hydrogen-bond acceptors (Lipinski definition) is 1. The lowest BCUT2D eigenvalue weighted by Crippen LogP contribution is -1.87. The van der Waals surface area contributed by atoms with Crippen LogP contribution in [0.1, 0.15) is 0 Å². The predicted octanol–water partition coefficient (Wildman–Crippen LogP) is 9.23. The fraction of sp³-hybridized carbons (Fsp3) is 0. The Morgan fingerprint density at radius 3 is 1.94 bits per heavy atom. The van der Waals surface area contributed by atoms with Gasteiger partial charge in [-0.1, -0.05) is 109 Å². The van der Waals surface area contributed by atoms with Gasteiger partial charge in [0.2, 0.25) is 0 Å². The van der Waals surface area contributed by atoms with Crippen LogP contribution in [0.15, 0.2) is 126 Å². The summed E-state index contributed by atoms with van der Waals surface area (Å²) in [5, 5.41) is 7.32. The first kappa shape index (κ1) is 18.2. The van der Waals surface area contributed by atoms with Crippen LogP contribution in [0.3, 0.4) is 0 Å². The van der Waals surface area contributed by atoms with Crippen LogP contribution in [0.5, 0.6) is 0 Å². The van der Waals surface area contributed by atoms with E-state index in [4.69, 9.17) is 4.42 Å².